The summed E-state index contributed by atoms with van der Waals surface area (Å²) in [6.07, 6.45) is 0.765. The lowest BCUT2D eigenvalue weighted by Gasteiger charge is -2.09. The maximum Gasteiger partial charge on any atom is 0.337 e. The van der Waals surface area contributed by atoms with E-state index in [0.717, 1.165) is 12.3 Å². The van der Waals surface area contributed by atoms with Crippen LogP contribution in [0.4, 0.5) is 8.78 Å². The molecule has 1 aromatic heterocycles. The highest BCUT2D eigenvalue weighted by atomic mass is 19.2. The number of aromatic carboxylic acids is 1. The number of pyridine rings is 1. The molecule has 2 rings (SSSR count). The van der Waals surface area contributed by atoms with Gasteiger partial charge in [0.2, 0.25) is 5.91 Å². The first-order chi connectivity index (χ1) is 11.3. The molecule has 0 atom stereocenters. The zero-order valence-corrected chi connectivity index (χ0v) is 12.7. The minimum atomic E-state index is -1.25. The molecule has 1 heterocycles. The minimum Gasteiger partial charge on any atom is -0.478 e. The summed E-state index contributed by atoms with van der Waals surface area (Å²) in [6, 6.07) is 3.71. The molecule has 126 valence electrons. The van der Waals surface area contributed by atoms with Gasteiger partial charge in [-0.2, -0.15) is 0 Å². The Labute approximate surface area is 135 Å². The number of rotatable bonds is 5. The molecule has 0 aliphatic heterocycles. The molecule has 0 aliphatic carbocycles. The first-order valence-corrected chi connectivity index (χ1v) is 6.94. The molecule has 0 spiro atoms. The van der Waals surface area contributed by atoms with Crippen LogP contribution in [-0.4, -0.2) is 22.0 Å². The summed E-state index contributed by atoms with van der Waals surface area (Å²) in [5.74, 6) is -3.88. The van der Waals surface area contributed by atoms with Gasteiger partial charge >= 0.3 is 5.97 Å². The molecular weight excluding hydrogens is 322 g/mol. The lowest BCUT2D eigenvalue weighted by atomic mass is 10.0. The maximum absolute atomic E-state index is 14.1. The Kier molecular flexibility index (Phi) is 5.08. The fourth-order valence-electron chi connectivity index (χ4n) is 2.11. The molecule has 0 aliphatic rings. The second-order valence-electron chi connectivity index (χ2n) is 5.15. The second kappa shape index (κ2) is 7.03. The number of benzene rings is 1. The summed E-state index contributed by atoms with van der Waals surface area (Å²) < 4.78 is 28.2. The van der Waals surface area contributed by atoms with E-state index in [0.29, 0.717) is 0 Å². The molecule has 6 nitrogen and oxygen atoms in total. The maximum atomic E-state index is 14.1. The van der Waals surface area contributed by atoms with Crippen LogP contribution < -0.4 is 10.9 Å². The molecule has 0 bridgehead atoms. The Balaban J connectivity index is 2.32. The Bertz CT molecular complexity index is 862. The molecular formula is C16H14F2N2O4. The van der Waals surface area contributed by atoms with Crippen molar-refractivity contribution >= 4 is 11.9 Å². The molecule has 0 fully saturated rings. The van der Waals surface area contributed by atoms with Gasteiger partial charge in [0.15, 0.2) is 11.6 Å². The van der Waals surface area contributed by atoms with Crippen LogP contribution in [0.15, 0.2) is 29.2 Å². The number of H-pyrrole nitrogens is 1. The third kappa shape index (κ3) is 3.83. The number of aromatic amines is 1. The first kappa shape index (κ1) is 17.3. The van der Waals surface area contributed by atoms with E-state index >= 15 is 0 Å². The summed E-state index contributed by atoms with van der Waals surface area (Å²) in [7, 11) is 0. The molecule has 8 heteroatoms. The van der Waals surface area contributed by atoms with E-state index in [4.69, 9.17) is 5.11 Å². The van der Waals surface area contributed by atoms with E-state index < -0.39 is 23.2 Å². The van der Waals surface area contributed by atoms with Gasteiger partial charge < -0.3 is 15.4 Å². The standard InChI is InChI=1S/C16H14F2N2O4/c1-8(21)19-6-10-3-2-9(13(17)14(10)18)4-11-5-12(16(23)24)7-20-15(11)22/h2-3,5,7H,4,6H2,1H3,(H,19,21)(H,20,22)(H,23,24). The summed E-state index contributed by atoms with van der Waals surface area (Å²) >= 11 is 0. The van der Waals surface area contributed by atoms with Crippen molar-refractivity contribution in [3.05, 3.63) is 68.6 Å². The van der Waals surface area contributed by atoms with Crippen molar-refractivity contribution in [2.75, 3.05) is 0 Å². The van der Waals surface area contributed by atoms with Crippen molar-refractivity contribution in [1.29, 1.82) is 0 Å². The average molecular weight is 336 g/mol. The van der Waals surface area contributed by atoms with Gasteiger partial charge in [0, 0.05) is 37.2 Å². The Hall–Kier alpha value is -3.03. The van der Waals surface area contributed by atoms with Crippen LogP contribution >= 0.6 is 0 Å². The zero-order chi connectivity index (χ0) is 17.9. The normalized spacial score (nSPS) is 10.5. The molecule has 1 aromatic carbocycles. The van der Waals surface area contributed by atoms with Gasteiger partial charge in [-0.15, -0.1) is 0 Å². The Morgan fingerprint density at radius 3 is 2.42 bits per heavy atom. The minimum absolute atomic E-state index is 0.00260. The third-order valence-electron chi connectivity index (χ3n) is 3.38. The highest BCUT2D eigenvalue weighted by Crippen LogP contribution is 2.19. The highest BCUT2D eigenvalue weighted by Gasteiger charge is 2.16. The van der Waals surface area contributed by atoms with Crippen LogP contribution in [0, 0.1) is 11.6 Å². The van der Waals surface area contributed by atoms with Crippen LogP contribution in [0.25, 0.3) is 0 Å². The van der Waals surface area contributed by atoms with Gasteiger partial charge in [-0.1, -0.05) is 12.1 Å². The van der Waals surface area contributed by atoms with Crippen molar-refractivity contribution in [3.8, 4) is 0 Å². The van der Waals surface area contributed by atoms with E-state index in [-0.39, 0.29) is 41.1 Å². The molecule has 1 amide bonds. The number of aromatic nitrogens is 1. The van der Waals surface area contributed by atoms with E-state index in [1.807, 2.05) is 0 Å². The number of nitrogens with one attached hydrogen (secondary N) is 2. The molecule has 2 aromatic rings. The van der Waals surface area contributed by atoms with Gasteiger partial charge in [0.05, 0.1) is 5.56 Å². The van der Waals surface area contributed by atoms with Gasteiger partial charge in [-0.05, 0) is 11.6 Å². The smallest absolute Gasteiger partial charge is 0.337 e. The summed E-state index contributed by atoms with van der Waals surface area (Å²) in [5, 5.41) is 11.3. The van der Waals surface area contributed by atoms with Crippen LogP contribution in [0.5, 0.6) is 0 Å². The number of carboxylic acid groups (broad SMARTS) is 1. The van der Waals surface area contributed by atoms with E-state index in [1.54, 1.807) is 0 Å². The molecule has 0 saturated heterocycles. The molecule has 0 radical (unpaired) electrons. The summed E-state index contributed by atoms with van der Waals surface area (Å²) in [6.45, 7) is 1.10. The molecule has 24 heavy (non-hydrogen) atoms. The number of hydrogen-bond acceptors (Lipinski definition) is 3. The lowest BCUT2D eigenvalue weighted by Crippen LogP contribution is -2.20. The zero-order valence-electron chi connectivity index (χ0n) is 12.7. The predicted octanol–water partition coefficient (Wildman–Crippen LogP) is 1.58. The SMILES string of the molecule is CC(=O)NCc1ccc(Cc2cc(C(=O)O)c[nH]c2=O)c(F)c1F. The first-order valence-electron chi connectivity index (χ1n) is 6.94. The van der Waals surface area contributed by atoms with Crippen molar-refractivity contribution in [1.82, 2.24) is 10.3 Å². The van der Waals surface area contributed by atoms with Gasteiger partial charge in [0.25, 0.3) is 5.56 Å². The van der Waals surface area contributed by atoms with E-state index in [1.165, 1.54) is 19.1 Å². The van der Waals surface area contributed by atoms with E-state index in [9.17, 15) is 23.2 Å². The number of carbonyl (C=O) groups is 2. The fraction of sp³-hybridized carbons (Fsp3) is 0.188. The van der Waals surface area contributed by atoms with Crippen LogP contribution in [0.1, 0.15) is 34.0 Å². The Morgan fingerprint density at radius 1 is 1.17 bits per heavy atom. The second-order valence-corrected chi connectivity index (χ2v) is 5.15. The number of carbonyl (C=O) groups excluding carboxylic acids is 1. The van der Waals surface area contributed by atoms with Gasteiger partial charge in [0.1, 0.15) is 0 Å². The van der Waals surface area contributed by atoms with E-state index in [2.05, 4.69) is 10.3 Å². The number of halogens is 2. The topological polar surface area (TPSA) is 99.3 Å². The monoisotopic (exact) mass is 336 g/mol. The average Bonchev–Trinajstić information content (AvgIpc) is 2.52. The molecule has 0 unspecified atom stereocenters. The summed E-state index contributed by atoms with van der Waals surface area (Å²) in [5.41, 5.74) is -0.857. The quantitative estimate of drug-likeness (QED) is 0.772. The highest BCUT2D eigenvalue weighted by molar-refractivity contribution is 5.87. The number of carboxylic acids is 1. The molecule has 3 N–H and O–H groups in total. The number of hydrogen-bond donors (Lipinski definition) is 3. The van der Waals surface area contributed by atoms with Crippen molar-refractivity contribution in [2.24, 2.45) is 0 Å². The van der Waals surface area contributed by atoms with Crippen molar-refractivity contribution in [2.45, 2.75) is 19.9 Å². The van der Waals surface area contributed by atoms with Crippen molar-refractivity contribution in [3.63, 3.8) is 0 Å². The Morgan fingerprint density at radius 2 is 1.79 bits per heavy atom. The van der Waals surface area contributed by atoms with Gasteiger partial charge in [-0.25, -0.2) is 13.6 Å². The summed E-state index contributed by atoms with van der Waals surface area (Å²) in [4.78, 5) is 35.7. The number of amides is 1. The lowest BCUT2D eigenvalue weighted by molar-refractivity contribution is -0.119. The van der Waals surface area contributed by atoms with Gasteiger partial charge in [-0.3, -0.25) is 9.59 Å². The van der Waals surface area contributed by atoms with Crippen LogP contribution in [0.3, 0.4) is 0 Å². The van der Waals surface area contributed by atoms with Crippen LogP contribution in [-0.2, 0) is 17.8 Å². The predicted molar refractivity (Wildman–Crippen MR) is 80.7 cm³/mol. The van der Waals surface area contributed by atoms with Crippen LogP contribution in [0.2, 0.25) is 0 Å². The third-order valence-corrected chi connectivity index (χ3v) is 3.38. The van der Waals surface area contributed by atoms with Crippen molar-refractivity contribution < 1.29 is 23.5 Å². The largest absolute Gasteiger partial charge is 0.478 e. The molecule has 0 saturated carbocycles. The fourth-order valence-corrected chi connectivity index (χ4v) is 2.11.